The molecule has 0 fully saturated rings. The van der Waals surface area contributed by atoms with Crippen LogP contribution in [0.5, 0.6) is 0 Å². The van der Waals surface area contributed by atoms with Crippen molar-refractivity contribution in [2.45, 2.75) is 13.8 Å². The van der Waals surface area contributed by atoms with E-state index in [1.807, 2.05) is 24.3 Å². The molecule has 0 aliphatic heterocycles. The fourth-order valence-corrected chi connectivity index (χ4v) is 4.09. The summed E-state index contributed by atoms with van der Waals surface area (Å²) in [7, 11) is 0. The molecule has 0 unspecified atom stereocenters. The summed E-state index contributed by atoms with van der Waals surface area (Å²) in [6.45, 7) is -0.187. The van der Waals surface area contributed by atoms with Crippen molar-refractivity contribution in [1.29, 1.82) is 0 Å². The Labute approximate surface area is 146 Å². The predicted octanol–water partition coefficient (Wildman–Crippen LogP) is 5.87. The Morgan fingerprint density at radius 1 is 1.08 bits per heavy atom. The van der Waals surface area contributed by atoms with Crippen molar-refractivity contribution in [3.63, 3.8) is 0 Å². The summed E-state index contributed by atoms with van der Waals surface area (Å²) in [5.41, 5.74) is 2.78. The molecule has 0 atom stereocenters. The lowest BCUT2D eigenvalue weighted by molar-refractivity contribution is 0.653. The molecule has 4 heteroatoms. The smallest absolute Gasteiger partial charge is 0.227 e. The highest BCUT2D eigenvalue weighted by Crippen LogP contribution is 2.38. The molecule has 116 valence electrons. The summed E-state index contributed by atoms with van der Waals surface area (Å²) in [4.78, 5) is 10.1. The first-order valence-electron chi connectivity index (χ1n) is 9.10. The van der Waals surface area contributed by atoms with E-state index >= 15 is 0 Å². The molecule has 0 aliphatic rings. The van der Waals surface area contributed by atoms with Crippen LogP contribution in [0, 0.1) is 13.8 Å². The SMILES string of the molecule is [2H]C([2H])([2H])c1ccc2c(n1)oc1c(-c3nccc4sc(C)cc34)cccc12. The Morgan fingerprint density at radius 2 is 2.04 bits per heavy atom. The Hall–Kier alpha value is -2.72. The summed E-state index contributed by atoms with van der Waals surface area (Å²) in [5.74, 6) is 0. The molecule has 0 bridgehead atoms. The van der Waals surface area contributed by atoms with Crippen molar-refractivity contribution in [2.75, 3.05) is 0 Å². The van der Waals surface area contributed by atoms with Gasteiger partial charge in [0.15, 0.2) is 0 Å². The third-order valence-corrected chi connectivity index (χ3v) is 5.20. The van der Waals surface area contributed by atoms with Gasteiger partial charge in [-0.25, -0.2) is 4.98 Å². The molecule has 5 aromatic rings. The summed E-state index contributed by atoms with van der Waals surface area (Å²) in [6, 6.07) is 13.4. The number of nitrogens with zero attached hydrogens (tertiary/aromatic N) is 2. The molecule has 0 saturated carbocycles. The van der Waals surface area contributed by atoms with Crippen LogP contribution in [-0.4, -0.2) is 9.97 Å². The average Bonchev–Trinajstić information content (AvgIpc) is 3.19. The number of pyridine rings is 2. The van der Waals surface area contributed by atoms with Crippen LogP contribution in [0.15, 0.2) is 53.1 Å². The Bertz CT molecular complexity index is 1330. The minimum Gasteiger partial charge on any atom is -0.437 e. The van der Waals surface area contributed by atoms with E-state index < -0.39 is 6.85 Å². The fraction of sp³-hybridized carbons (Fsp3) is 0.100. The summed E-state index contributed by atoms with van der Waals surface area (Å²) >= 11 is 1.73. The van der Waals surface area contributed by atoms with E-state index in [1.165, 1.54) is 15.6 Å². The molecule has 24 heavy (non-hydrogen) atoms. The van der Waals surface area contributed by atoms with Gasteiger partial charge in [-0.05, 0) is 44.1 Å². The number of hydrogen-bond acceptors (Lipinski definition) is 4. The molecular formula is C20H14N2OS. The number of hydrogen-bond donors (Lipinski definition) is 0. The summed E-state index contributed by atoms with van der Waals surface area (Å²) in [5, 5.41) is 2.79. The zero-order valence-corrected chi connectivity index (χ0v) is 13.6. The van der Waals surface area contributed by atoms with Crippen LogP contribution in [-0.2, 0) is 0 Å². The molecule has 5 rings (SSSR count). The molecule has 3 nitrogen and oxygen atoms in total. The maximum atomic E-state index is 7.57. The fourth-order valence-electron chi connectivity index (χ4n) is 3.17. The lowest BCUT2D eigenvalue weighted by Gasteiger charge is -2.03. The van der Waals surface area contributed by atoms with Crippen molar-refractivity contribution >= 4 is 43.5 Å². The quantitative estimate of drug-likeness (QED) is 0.385. The van der Waals surface area contributed by atoms with Gasteiger partial charge in [0.05, 0.1) is 5.69 Å². The molecule has 0 N–H and O–H groups in total. The highest BCUT2D eigenvalue weighted by molar-refractivity contribution is 7.19. The predicted molar refractivity (Wildman–Crippen MR) is 99.6 cm³/mol. The van der Waals surface area contributed by atoms with Gasteiger partial charge in [-0.1, -0.05) is 12.1 Å². The first kappa shape index (κ1) is 10.9. The van der Waals surface area contributed by atoms with Crippen LogP contribution < -0.4 is 0 Å². The van der Waals surface area contributed by atoms with Gasteiger partial charge in [0.25, 0.3) is 0 Å². The second-order valence-corrected chi connectivity index (χ2v) is 7.05. The van der Waals surface area contributed by atoms with Crippen molar-refractivity contribution < 1.29 is 8.53 Å². The first-order chi connectivity index (χ1) is 12.9. The van der Waals surface area contributed by atoms with Crippen LogP contribution in [0.2, 0.25) is 0 Å². The molecule has 0 amide bonds. The molecule has 0 spiro atoms. The van der Waals surface area contributed by atoms with E-state index in [9.17, 15) is 0 Å². The van der Waals surface area contributed by atoms with Gasteiger partial charge < -0.3 is 4.42 Å². The molecule has 0 saturated heterocycles. The van der Waals surface area contributed by atoms with Gasteiger partial charge in [-0.2, -0.15) is 0 Å². The highest BCUT2D eigenvalue weighted by atomic mass is 32.1. The number of furan rings is 1. The third-order valence-electron chi connectivity index (χ3n) is 4.19. The van der Waals surface area contributed by atoms with Crippen LogP contribution in [0.25, 0.3) is 43.4 Å². The molecule has 0 aliphatic carbocycles. The van der Waals surface area contributed by atoms with Gasteiger partial charge in [0, 0.05) is 47.3 Å². The number of fused-ring (bicyclic) bond motifs is 4. The van der Waals surface area contributed by atoms with E-state index in [1.54, 1.807) is 23.6 Å². The number of aromatic nitrogens is 2. The van der Waals surface area contributed by atoms with Crippen LogP contribution in [0.3, 0.4) is 0 Å². The monoisotopic (exact) mass is 333 g/mol. The van der Waals surface area contributed by atoms with Crippen molar-refractivity contribution in [1.82, 2.24) is 9.97 Å². The summed E-state index contributed by atoms with van der Waals surface area (Å²) in [6.07, 6.45) is 1.81. The number of para-hydroxylation sites is 1. The Kier molecular flexibility index (Phi) is 2.23. The van der Waals surface area contributed by atoms with E-state index in [0.717, 1.165) is 27.4 Å². The maximum Gasteiger partial charge on any atom is 0.227 e. The molecule has 4 aromatic heterocycles. The maximum absolute atomic E-state index is 7.57. The zero-order valence-electron chi connectivity index (χ0n) is 15.8. The van der Waals surface area contributed by atoms with Gasteiger partial charge in [-0.3, -0.25) is 4.98 Å². The highest BCUT2D eigenvalue weighted by Gasteiger charge is 2.16. The molecule has 1 aromatic carbocycles. The Balaban J connectivity index is 1.82. The van der Waals surface area contributed by atoms with E-state index in [-0.39, 0.29) is 5.69 Å². The lowest BCUT2D eigenvalue weighted by atomic mass is 10.0. The van der Waals surface area contributed by atoms with Gasteiger partial charge in [0.2, 0.25) is 5.71 Å². The Morgan fingerprint density at radius 3 is 2.96 bits per heavy atom. The molecule has 0 radical (unpaired) electrons. The number of thiophene rings is 1. The van der Waals surface area contributed by atoms with E-state index in [4.69, 9.17) is 8.53 Å². The van der Waals surface area contributed by atoms with Crippen LogP contribution >= 0.6 is 11.3 Å². The third kappa shape index (κ3) is 1.90. The standard InChI is InChI=1S/C20H14N2OS/c1-11-6-7-14-13-4-3-5-15(19(13)23-20(14)22-11)18-16-10-12(2)24-17(16)8-9-21-18/h3-10H,1-2H3/i1D3. The first-order valence-corrected chi connectivity index (χ1v) is 8.42. The number of aryl methyl sites for hydroxylation is 2. The molecular weight excluding hydrogens is 316 g/mol. The second-order valence-electron chi connectivity index (χ2n) is 5.76. The minimum atomic E-state index is -2.27. The van der Waals surface area contributed by atoms with Gasteiger partial charge in [0.1, 0.15) is 5.58 Å². The van der Waals surface area contributed by atoms with Crippen molar-refractivity contribution in [2.24, 2.45) is 0 Å². The van der Waals surface area contributed by atoms with E-state index in [2.05, 4.69) is 23.0 Å². The average molecular weight is 333 g/mol. The topological polar surface area (TPSA) is 38.9 Å². The summed E-state index contributed by atoms with van der Waals surface area (Å²) < 4.78 is 29.9. The minimum absolute atomic E-state index is 0.0318. The van der Waals surface area contributed by atoms with Crippen LogP contribution in [0.1, 0.15) is 14.7 Å². The lowest BCUT2D eigenvalue weighted by Crippen LogP contribution is -1.84. The van der Waals surface area contributed by atoms with Crippen molar-refractivity contribution in [3.05, 3.63) is 59.2 Å². The largest absolute Gasteiger partial charge is 0.437 e. The normalized spacial score (nSPS) is 14.1. The van der Waals surface area contributed by atoms with Gasteiger partial charge in [-0.15, -0.1) is 11.3 Å². The number of benzene rings is 1. The second kappa shape index (κ2) is 4.89. The van der Waals surface area contributed by atoms with Crippen molar-refractivity contribution in [3.8, 4) is 11.3 Å². The van der Waals surface area contributed by atoms with Gasteiger partial charge >= 0.3 is 0 Å². The zero-order chi connectivity index (χ0) is 18.8. The van der Waals surface area contributed by atoms with Crippen LogP contribution in [0.4, 0.5) is 0 Å². The van der Waals surface area contributed by atoms with E-state index in [0.29, 0.717) is 11.3 Å². The molecule has 4 heterocycles. The number of rotatable bonds is 1.